The van der Waals surface area contributed by atoms with E-state index in [1.807, 2.05) is 32.0 Å². The number of rotatable bonds is 6. The minimum Gasteiger partial charge on any atom is -0.332 e. The molecule has 0 aliphatic carbocycles. The molecule has 0 atom stereocenters. The van der Waals surface area contributed by atoms with Crippen LogP contribution in [0, 0.1) is 13.8 Å². The minimum absolute atomic E-state index is 0.0245. The van der Waals surface area contributed by atoms with Crippen LogP contribution < -0.4 is 5.32 Å². The van der Waals surface area contributed by atoms with Gasteiger partial charge in [0.05, 0.1) is 6.54 Å². The van der Waals surface area contributed by atoms with Crippen LogP contribution in [0.2, 0.25) is 0 Å². The van der Waals surface area contributed by atoms with E-state index in [-0.39, 0.29) is 22.2 Å². The molecule has 2 heterocycles. The number of sulfonamides is 1. The molecule has 0 bridgehead atoms. The molecular formula is C20H25N3O4S2. The molecule has 0 saturated carbocycles. The zero-order valence-corrected chi connectivity index (χ0v) is 18.4. The normalized spacial score (nSPS) is 14.7. The SMILES string of the molecule is Cc1cccc(C)c1NC(=O)CN(C)C(=O)c1sccc1S(=O)(=O)N1CCCC1. The predicted molar refractivity (Wildman–Crippen MR) is 114 cm³/mol. The Hall–Kier alpha value is -2.23. The number of carbonyl (C=O) groups is 2. The molecule has 1 N–H and O–H groups in total. The van der Waals surface area contributed by atoms with Gasteiger partial charge in [-0.05, 0) is 49.3 Å². The number of anilines is 1. The maximum absolute atomic E-state index is 12.9. The molecule has 9 heteroatoms. The zero-order chi connectivity index (χ0) is 21.2. The van der Waals surface area contributed by atoms with Crippen LogP contribution in [0.25, 0.3) is 0 Å². The van der Waals surface area contributed by atoms with E-state index in [9.17, 15) is 18.0 Å². The number of amides is 2. The summed E-state index contributed by atoms with van der Waals surface area (Å²) in [4.78, 5) is 26.8. The zero-order valence-electron chi connectivity index (χ0n) is 16.8. The Morgan fingerprint density at radius 2 is 1.76 bits per heavy atom. The van der Waals surface area contributed by atoms with Crippen molar-refractivity contribution < 1.29 is 18.0 Å². The van der Waals surface area contributed by atoms with Crippen molar-refractivity contribution in [3.63, 3.8) is 0 Å². The Labute approximate surface area is 175 Å². The van der Waals surface area contributed by atoms with Crippen LogP contribution >= 0.6 is 11.3 Å². The molecule has 0 spiro atoms. The Kier molecular flexibility index (Phi) is 6.40. The standard InChI is InChI=1S/C20H25N3O4S2/c1-14-7-6-8-15(2)18(14)21-17(24)13-22(3)20(25)19-16(9-12-28-19)29(26,27)23-10-4-5-11-23/h6-9,12H,4-5,10-11,13H2,1-3H3,(H,21,24). The van der Waals surface area contributed by atoms with Crippen molar-refractivity contribution in [1.29, 1.82) is 0 Å². The fourth-order valence-corrected chi connectivity index (χ4v) is 6.28. The highest BCUT2D eigenvalue weighted by molar-refractivity contribution is 7.89. The Morgan fingerprint density at radius 1 is 1.14 bits per heavy atom. The van der Waals surface area contributed by atoms with Crippen LogP contribution in [0.5, 0.6) is 0 Å². The van der Waals surface area contributed by atoms with Crippen molar-refractivity contribution in [2.75, 3.05) is 32.0 Å². The van der Waals surface area contributed by atoms with E-state index in [1.54, 1.807) is 5.38 Å². The van der Waals surface area contributed by atoms with Gasteiger partial charge in [-0.3, -0.25) is 9.59 Å². The summed E-state index contributed by atoms with van der Waals surface area (Å²) in [7, 11) is -2.20. The third-order valence-corrected chi connectivity index (χ3v) is 7.95. The number of thiophene rings is 1. The van der Waals surface area contributed by atoms with Gasteiger partial charge in [0.2, 0.25) is 15.9 Å². The molecule has 3 rings (SSSR count). The summed E-state index contributed by atoms with van der Waals surface area (Å²) < 4.78 is 27.1. The molecule has 29 heavy (non-hydrogen) atoms. The summed E-state index contributed by atoms with van der Waals surface area (Å²) in [5.41, 5.74) is 2.60. The smallest absolute Gasteiger partial charge is 0.265 e. The highest BCUT2D eigenvalue weighted by Gasteiger charge is 2.32. The average molecular weight is 436 g/mol. The van der Waals surface area contributed by atoms with Gasteiger partial charge in [-0.15, -0.1) is 11.3 Å². The van der Waals surface area contributed by atoms with Gasteiger partial charge >= 0.3 is 0 Å². The molecule has 2 aromatic rings. The summed E-state index contributed by atoms with van der Waals surface area (Å²) in [6, 6.07) is 7.18. The number of aryl methyl sites for hydroxylation is 2. The van der Waals surface area contributed by atoms with E-state index in [0.717, 1.165) is 41.0 Å². The van der Waals surface area contributed by atoms with Crippen LogP contribution in [0.4, 0.5) is 5.69 Å². The van der Waals surface area contributed by atoms with Crippen LogP contribution in [-0.2, 0) is 14.8 Å². The van der Waals surface area contributed by atoms with Gasteiger partial charge in [-0.1, -0.05) is 18.2 Å². The molecule has 1 aromatic carbocycles. The number of hydrogen-bond acceptors (Lipinski definition) is 5. The van der Waals surface area contributed by atoms with Crippen LogP contribution in [-0.4, -0.2) is 56.1 Å². The number of carbonyl (C=O) groups excluding carboxylic acids is 2. The second-order valence-electron chi connectivity index (χ2n) is 7.20. The van der Waals surface area contributed by atoms with Gasteiger partial charge in [0.15, 0.2) is 0 Å². The predicted octanol–water partition coefficient (Wildman–Crippen LogP) is 2.86. The molecule has 0 unspecified atom stereocenters. The second-order valence-corrected chi connectivity index (χ2v) is 10.0. The lowest BCUT2D eigenvalue weighted by Gasteiger charge is -2.19. The molecule has 1 aliphatic heterocycles. The molecule has 156 valence electrons. The minimum atomic E-state index is -3.70. The van der Waals surface area contributed by atoms with Crippen molar-refractivity contribution in [2.45, 2.75) is 31.6 Å². The number of para-hydroxylation sites is 1. The van der Waals surface area contributed by atoms with Crippen molar-refractivity contribution in [2.24, 2.45) is 0 Å². The summed E-state index contributed by atoms with van der Waals surface area (Å²) in [5, 5.41) is 4.44. The van der Waals surface area contributed by atoms with E-state index in [4.69, 9.17) is 0 Å². The van der Waals surface area contributed by atoms with Gasteiger partial charge in [-0.25, -0.2) is 8.42 Å². The quantitative estimate of drug-likeness (QED) is 0.756. The topological polar surface area (TPSA) is 86.8 Å². The highest BCUT2D eigenvalue weighted by Crippen LogP contribution is 2.28. The number of benzene rings is 1. The Bertz CT molecular complexity index is 1000. The maximum Gasteiger partial charge on any atom is 0.265 e. The number of likely N-dealkylation sites (N-methyl/N-ethyl adjacent to an activating group) is 1. The van der Waals surface area contributed by atoms with E-state index < -0.39 is 15.9 Å². The number of nitrogens with one attached hydrogen (secondary N) is 1. The molecule has 1 saturated heterocycles. The summed E-state index contributed by atoms with van der Waals surface area (Å²) in [5.74, 6) is -0.812. The maximum atomic E-state index is 12.9. The van der Waals surface area contributed by atoms with Gasteiger partial charge in [0.1, 0.15) is 9.77 Å². The van der Waals surface area contributed by atoms with E-state index in [1.165, 1.54) is 22.3 Å². The summed E-state index contributed by atoms with van der Waals surface area (Å²) in [6.07, 6.45) is 1.65. The summed E-state index contributed by atoms with van der Waals surface area (Å²) in [6.45, 7) is 4.57. The molecular weight excluding hydrogens is 410 g/mol. The second kappa shape index (κ2) is 8.64. The lowest BCUT2D eigenvalue weighted by atomic mass is 10.1. The first-order valence-electron chi connectivity index (χ1n) is 9.41. The van der Waals surface area contributed by atoms with E-state index >= 15 is 0 Å². The first kappa shape index (κ1) is 21.5. The fraction of sp³-hybridized carbons (Fsp3) is 0.400. The Balaban J connectivity index is 1.73. The van der Waals surface area contributed by atoms with Gasteiger partial charge in [0.25, 0.3) is 5.91 Å². The molecule has 1 fully saturated rings. The lowest BCUT2D eigenvalue weighted by molar-refractivity contribution is -0.116. The van der Waals surface area contributed by atoms with Crippen LogP contribution in [0.1, 0.15) is 33.6 Å². The van der Waals surface area contributed by atoms with Crippen molar-refractivity contribution in [1.82, 2.24) is 9.21 Å². The van der Waals surface area contributed by atoms with Crippen molar-refractivity contribution in [3.05, 3.63) is 45.6 Å². The van der Waals surface area contributed by atoms with Crippen LogP contribution in [0.3, 0.4) is 0 Å². The van der Waals surface area contributed by atoms with Gasteiger partial charge < -0.3 is 10.2 Å². The van der Waals surface area contributed by atoms with Crippen LogP contribution in [0.15, 0.2) is 34.5 Å². The van der Waals surface area contributed by atoms with Crippen molar-refractivity contribution >= 4 is 38.9 Å². The molecule has 7 nitrogen and oxygen atoms in total. The van der Waals surface area contributed by atoms with E-state index in [2.05, 4.69) is 5.32 Å². The van der Waals surface area contributed by atoms with Gasteiger partial charge in [0, 0.05) is 25.8 Å². The van der Waals surface area contributed by atoms with Crippen molar-refractivity contribution in [3.8, 4) is 0 Å². The third-order valence-electron chi connectivity index (χ3n) is 4.98. The Morgan fingerprint density at radius 3 is 2.38 bits per heavy atom. The largest absolute Gasteiger partial charge is 0.332 e. The first-order valence-corrected chi connectivity index (χ1v) is 11.7. The lowest BCUT2D eigenvalue weighted by Crippen LogP contribution is -2.36. The fourth-order valence-electron chi connectivity index (χ4n) is 3.38. The monoisotopic (exact) mass is 435 g/mol. The highest BCUT2D eigenvalue weighted by atomic mass is 32.2. The average Bonchev–Trinajstić information content (AvgIpc) is 3.36. The first-order chi connectivity index (χ1) is 13.7. The van der Waals surface area contributed by atoms with E-state index in [0.29, 0.717) is 13.1 Å². The molecule has 2 amide bonds. The number of hydrogen-bond donors (Lipinski definition) is 1. The molecule has 1 aliphatic rings. The summed E-state index contributed by atoms with van der Waals surface area (Å²) >= 11 is 1.08. The molecule has 0 radical (unpaired) electrons. The third kappa shape index (κ3) is 4.52. The number of nitrogens with zero attached hydrogens (tertiary/aromatic N) is 2. The molecule has 1 aromatic heterocycles. The van der Waals surface area contributed by atoms with Gasteiger partial charge in [-0.2, -0.15) is 4.31 Å².